The maximum absolute atomic E-state index is 12.3. The molecule has 0 unspecified atom stereocenters. The maximum Gasteiger partial charge on any atom is 0.269 e. The number of nitro groups is 1. The average molecular weight is 269 g/mol. The van der Waals surface area contributed by atoms with E-state index in [2.05, 4.69) is 5.10 Å². The molecule has 0 spiro atoms. The molecule has 0 saturated carbocycles. The van der Waals surface area contributed by atoms with Crippen molar-refractivity contribution in [2.45, 2.75) is 0 Å². The predicted molar refractivity (Wildman–Crippen MR) is 74.6 cm³/mol. The molecule has 6 heteroatoms. The lowest BCUT2D eigenvalue weighted by Gasteiger charge is -2.04. The third-order valence-corrected chi connectivity index (χ3v) is 2.73. The van der Waals surface area contributed by atoms with Crippen molar-refractivity contribution in [1.82, 2.24) is 0 Å². The van der Waals surface area contributed by atoms with Crippen LogP contribution in [0, 0.1) is 10.1 Å². The minimum atomic E-state index is -0.512. The van der Waals surface area contributed by atoms with Gasteiger partial charge in [-0.25, -0.2) is 0 Å². The van der Waals surface area contributed by atoms with Crippen LogP contribution < -0.4 is 5.84 Å². The molecule has 0 bridgehead atoms. The zero-order valence-electron chi connectivity index (χ0n) is 10.4. The summed E-state index contributed by atoms with van der Waals surface area (Å²) in [6.07, 6.45) is 0. The van der Waals surface area contributed by atoms with E-state index in [0.29, 0.717) is 11.1 Å². The van der Waals surface area contributed by atoms with Crippen LogP contribution in [0.1, 0.15) is 15.9 Å². The fourth-order valence-electron chi connectivity index (χ4n) is 1.73. The predicted octanol–water partition coefficient (Wildman–Crippen LogP) is 2.14. The number of benzene rings is 2. The average Bonchev–Trinajstić information content (AvgIpc) is 2.49. The van der Waals surface area contributed by atoms with E-state index in [1.54, 1.807) is 30.3 Å². The van der Waals surface area contributed by atoms with Gasteiger partial charge in [-0.1, -0.05) is 30.3 Å². The molecule has 0 atom stereocenters. The van der Waals surface area contributed by atoms with Crippen LogP contribution >= 0.6 is 0 Å². The van der Waals surface area contributed by atoms with Crippen molar-refractivity contribution < 1.29 is 9.72 Å². The fraction of sp³-hybridized carbons (Fsp3) is 0. The zero-order valence-corrected chi connectivity index (χ0v) is 10.4. The molecule has 20 heavy (non-hydrogen) atoms. The number of hydrazone groups is 1. The first-order valence-electron chi connectivity index (χ1n) is 5.76. The second-order valence-electron chi connectivity index (χ2n) is 3.98. The molecular weight excluding hydrogens is 258 g/mol. The van der Waals surface area contributed by atoms with Crippen molar-refractivity contribution in [2.24, 2.45) is 10.9 Å². The van der Waals surface area contributed by atoms with E-state index >= 15 is 0 Å². The van der Waals surface area contributed by atoms with Crippen LogP contribution in [0.15, 0.2) is 59.7 Å². The highest BCUT2D eigenvalue weighted by Crippen LogP contribution is 2.14. The lowest BCUT2D eigenvalue weighted by molar-refractivity contribution is -0.384. The summed E-state index contributed by atoms with van der Waals surface area (Å²) in [4.78, 5) is 22.3. The van der Waals surface area contributed by atoms with Gasteiger partial charge < -0.3 is 5.84 Å². The van der Waals surface area contributed by atoms with Crippen molar-refractivity contribution in [3.05, 3.63) is 75.8 Å². The molecule has 0 aliphatic heterocycles. The summed E-state index contributed by atoms with van der Waals surface area (Å²) in [5.41, 5.74) is 0.894. The van der Waals surface area contributed by atoms with Crippen molar-refractivity contribution >= 4 is 17.2 Å². The van der Waals surface area contributed by atoms with Gasteiger partial charge in [0.15, 0.2) is 0 Å². The van der Waals surface area contributed by atoms with Crippen LogP contribution in [0.2, 0.25) is 0 Å². The first kappa shape index (κ1) is 13.4. The van der Waals surface area contributed by atoms with Crippen LogP contribution in [-0.4, -0.2) is 16.4 Å². The first-order chi connectivity index (χ1) is 9.63. The summed E-state index contributed by atoms with van der Waals surface area (Å²) in [7, 11) is 0. The van der Waals surface area contributed by atoms with E-state index in [0.717, 1.165) is 0 Å². The van der Waals surface area contributed by atoms with Crippen molar-refractivity contribution in [3.8, 4) is 0 Å². The van der Waals surface area contributed by atoms with Crippen molar-refractivity contribution in [1.29, 1.82) is 0 Å². The van der Waals surface area contributed by atoms with Crippen LogP contribution in [-0.2, 0) is 0 Å². The quantitative estimate of drug-likeness (QED) is 0.302. The monoisotopic (exact) mass is 269 g/mol. The molecule has 2 rings (SSSR count). The van der Waals surface area contributed by atoms with Crippen LogP contribution in [0.5, 0.6) is 0 Å². The molecule has 0 aromatic heterocycles. The van der Waals surface area contributed by atoms with Gasteiger partial charge in [0, 0.05) is 23.3 Å². The SMILES string of the molecule is N/N=C(/C(=O)c1ccccc1)c1ccc([N+](=O)[O-])cc1. The van der Waals surface area contributed by atoms with Gasteiger partial charge in [0.25, 0.3) is 5.69 Å². The number of carbonyl (C=O) groups excluding carboxylic acids is 1. The minimum Gasteiger partial charge on any atom is -0.323 e. The largest absolute Gasteiger partial charge is 0.323 e. The molecule has 2 aromatic rings. The van der Waals surface area contributed by atoms with Gasteiger partial charge >= 0.3 is 0 Å². The van der Waals surface area contributed by atoms with E-state index in [1.807, 2.05) is 0 Å². The number of carbonyl (C=O) groups is 1. The van der Waals surface area contributed by atoms with Gasteiger partial charge in [-0.3, -0.25) is 14.9 Å². The van der Waals surface area contributed by atoms with Crippen molar-refractivity contribution in [2.75, 3.05) is 0 Å². The molecule has 0 aliphatic rings. The van der Waals surface area contributed by atoms with E-state index in [-0.39, 0.29) is 17.2 Å². The van der Waals surface area contributed by atoms with Gasteiger partial charge in [0.2, 0.25) is 5.78 Å². The molecule has 0 aliphatic carbocycles. The van der Waals surface area contributed by atoms with Gasteiger partial charge in [-0.2, -0.15) is 5.10 Å². The smallest absolute Gasteiger partial charge is 0.269 e. The molecule has 6 nitrogen and oxygen atoms in total. The highest BCUT2D eigenvalue weighted by Gasteiger charge is 2.17. The molecule has 0 fully saturated rings. The Hall–Kier alpha value is -3.02. The summed E-state index contributed by atoms with van der Waals surface area (Å²) in [5, 5.41) is 14.1. The summed E-state index contributed by atoms with van der Waals surface area (Å²) in [6.45, 7) is 0. The van der Waals surface area contributed by atoms with Gasteiger partial charge in [0.1, 0.15) is 5.71 Å². The fourth-order valence-corrected chi connectivity index (χ4v) is 1.73. The number of non-ortho nitro benzene ring substituents is 1. The Bertz CT molecular complexity index is 664. The molecule has 0 radical (unpaired) electrons. The Morgan fingerprint density at radius 1 is 1.00 bits per heavy atom. The van der Waals surface area contributed by atoms with Crippen LogP contribution in [0.25, 0.3) is 0 Å². The Morgan fingerprint density at radius 2 is 1.60 bits per heavy atom. The zero-order chi connectivity index (χ0) is 14.5. The number of hydrogen-bond acceptors (Lipinski definition) is 5. The Balaban J connectivity index is 2.34. The summed E-state index contributed by atoms with van der Waals surface area (Å²) in [6, 6.07) is 14.1. The van der Waals surface area contributed by atoms with Crippen LogP contribution in [0.3, 0.4) is 0 Å². The van der Waals surface area contributed by atoms with E-state index in [9.17, 15) is 14.9 Å². The number of rotatable bonds is 4. The minimum absolute atomic E-state index is 0.0581. The molecule has 0 heterocycles. The number of nitrogens with zero attached hydrogens (tertiary/aromatic N) is 2. The van der Waals surface area contributed by atoms with Crippen LogP contribution in [0.4, 0.5) is 5.69 Å². The normalized spacial score (nSPS) is 11.1. The lowest BCUT2D eigenvalue weighted by atomic mass is 10.0. The Kier molecular flexibility index (Phi) is 3.85. The number of ketones is 1. The number of nitrogens with two attached hydrogens (primary N) is 1. The number of nitro benzene ring substituents is 1. The van der Waals surface area contributed by atoms with Gasteiger partial charge in [-0.05, 0) is 12.1 Å². The highest BCUT2D eigenvalue weighted by atomic mass is 16.6. The first-order valence-corrected chi connectivity index (χ1v) is 5.76. The summed E-state index contributed by atoms with van der Waals surface area (Å²) >= 11 is 0. The lowest BCUT2D eigenvalue weighted by Crippen LogP contribution is -2.17. The second-order valence-corrected chi connectivity index (χ2v) is 3.98. The molecule has 2 aromatic carbocycles. The Morgan fingerprint density at radius 3 is 2.10 bits per heavy atom. The van der Waals surface area contributed by atoms with Gasteiger partial charge in [-0.15, -0.1) is 0 Å². The van der Waals surface area contributed by atoms with Gasteiger partial charge in [0.05, 0.1) is 4.92 Å². The number of Topliss-reactive ketones (excluding diaryl/α,β-unsaturated/α-hetero) is 1. The van der Waals surface area contributed by atoms with E-state index in [4.69, 9.17) is 5.84 Å². The van der Waals surface area contributed by atoms with E-state index in [1.165, 1.54) is 24.3 Å². The topological polar surface area (TPSA) is 98.6 Å². The van der Waals surface area contributed by atoms with Crippen molar-refractivity contribution in [3.63, 3.8) is 0 Å². The standard InChI is InChI=1S/C14H11N3O3/c15-16-13(14(18)11-4-2-1-3-5-11)10-6-8-12(9-7-10)17(19)20/h1-9H,15H2/b16-13+. The summed E-state index contributed by atoms with van der Waals surface area (Å²) in [5.74, 6) is 4.94. The molecule has 0 saturated heterocycles. The summed E-state index contributed by atoms with van der Waals surface area (Å²) < 4.78 is 0. The maximum atomic E-state index is 12.3. The third-order valence-electron chi connectivity index (χ3n) is 2.73. The molecule has 0 amide bonds. The molecule has 100 valence electrons. The van der Waals surface area contributed by atoms with E-state index < -0.39 is 4.92 Å². The Labute approximate surface area is 114 Å². The third kappa shape index (κ3) is 2.69. The molecule has 2 N–H and O–H groups in total. The highest BCUT2D eigenvalue weighted by molar-refractivity contribution is 6.51. The second kappa shape index (κ2) is 5.75. The number of hydrogen-bond donors (Lipinski definition) is 1. The molecular formula is C14H11N3O3.